The van der Waals surface area contributed by atoms with Crippen LogP contribution in [-0.4, -0.2) is 30.8 Å². The van der Waals surface area contributed by atoms with E-state index in [0.29, 0.717) is 0 Å². The van der Waals surface area contributed by atoms with Crippen LogP contribution in [-0.2, 0) is 14.3 Å². The van der Waals surface area contributed by atoms with Crippen LogP contribution in [0, 0.1) is 0 Å². The lowest BCUT2D eigenvalue weighted by Gasteiger charge is -2.30. The Kier molecular flexibility index (Phi) is 4.11. The van der Waals surface area contributed by atoms with Gasteiger partial charge in [0.05, 0.1) is 18.8 Å². The molecular weight excluding hydrogens is 194 g/mol. The summed E-state index contributed by atoms with van der Waals surface area (Å²) in [6.07, 6.45) is 4.18. The van der Waals surface area contributed by atoms with E-state index in [1.165, 1.54) is 20.0 Å². The number of ether oxygens (including phenoxy) is 2. The van der Waals surface area contributed by atoms with Crippen LogP contribution in [0.1, 0.15) is 39.5 Å². The van der Waals surface area contributed by atoms with E-state index < -0.39 is 12.0 Å². The molecular formula is C11H21NO3. The van der Waals surface area contributed by atoms with Gasteiger partial charge in [0, 0.05) is 0 Å². The van der Waals surface area contributed by atoms with Crippen molar-refractivity contribution in [2.45, 2.75) is 57.3 Å². The molecule has 15 heavy (non-hydrogen) atoms. The maximum absolute atomic E-state index is 11.2. The second-order valence-corrected chi connectivity index (χ2v) is 4.53. The molecule has 0 bridgehead atoms. The van der Waals surface area contributed by atoms with Gasteiger partial charge in [-0.15, -0.1) is 0 Å². The molecule has 0 amide bonds. The van der Waals surface area contributed by atoms with Crippen molar-refractivity contribution < 1.29 is 14.3 Å². The fourth-order valence-corrected chi connectivity index (χ4v) is 2.09. The minimum atomic E-state index is -0.688. The summed E-state index contributed by atoms with van der Waals surface area (Å²) in [5.74, 6) is -0.413. The van der Waals surface area contributed by atoms with E-state index >= 15 is 0 Å². The van der Waals surface area contributed by atoms with E-state index in [0.717, 1.165) is 12.8 Å². The van der Waals surface area contributed by atoms with E-state index in [-0.39, 0.29) is 11.7 Å². The number of hydrogen-bond acceptors (Lipinski definition) is 4. The summed E-state index contributed by atoms with van der Waals surface area (Å²) in [7, 11) is 1.34. The zero-order valence-electron chi connectivity index (χ0n) is 9.79. The molecule has 0 spiro atoms. The molecule has 0 unspecified atom stereocenters. The van der Waals surface area contributed by atoms with Crippen molar-refractivity contribution in [3.63, 3.8) is 0 Å². The number of hydrogen-bond donors (Lipinski definition) is 1. The number of nitrogens with two attached hydrogens (primary N) is 1. The summed E-state index contributed by atoms with van der Waals surface area (Å²) in [4.78, 5) is 11.2. The third-order valence-electron chi connectivity index (χ3n) is 3.11. The van der Waals surface area contributed by atoms with Gasteiger partial charge in [0.1, 0.15) is 6.04 Å². The maximum Gasteiger partial charge on any atom is 0.325 e. The Balaban J connectivity index is 2.47. The van der Waals surface area contributed by atoms with Crippen molar-refractivity contribution >= 4 is 5.97 Å². The monoisotopic (exact) mass is 215 g/mol. The molecule has 4 heteroatoms. The van der Waals surface area contributed by atoms with Crippen molar-refractivity contribution in [3.05, 3.63) is 0 Å². The van der Waals surface area contributed by atoms with Gasteiger partial charge < -0.3 is 15.2 Å². The number of rotatable bonds is 4. The van der Waals surface area contributed by atoms with Gasteiger partial charge in [0.15, 0.2) is 0 Å². The summed E-state index contributed by atoms with van der Waals surface area (Å²) in [6.45, 7) is 3.91. The molecule has 88 valence electrons. The lowest BCUT2D eigenvalue weighted by Crippen LogP contribution is -2.46. The van der Waals surface area contributed by atoms with Crippen molar-refractivity contribution in [3.8, 4) is 0 Å². The van der Waals surface area contributed by atoms with Crippen LogP contribution in [0.25, 0.3) is 0 Å². The van der Waals surface area contributed by atoms with Crippen molar-refractivity contribution in [1.82, 2.24) is 0 Å². The van der Waals surface area contributed by atoms with Crippen LogP contribution >= 0.6 is 0 Å². The Labute approximate surface area is 91.1 Å². The zero-order chi connectivity index (χ0) is 11.5. The smallest absolute Gasteiger partial charge is 0.325 e. The maximum atomic E-state index is 11.2. The van der Waals surface area contributed by atoms with Crippen LogP contribution in [0.2, 0.25) is 0 Å². The first-order valence-electron chi connectivity index (χ1n) is 5.50. The van der Waals surface area contributed by atoms with Crippen LogP contribution in [0.15, 0.2) is 0 Å². The third-order valence-corrected chi connectivity index (χ3v) is 3.11. The molecule has 0 radical (unpaired) electrons. The molecule has 2 atom stereocenters. The molecule has 0 aromatic carbocycles. The Morgan fingerprint density at radius 2 is 1.93 bits per heavy atom. The lowest BCUT2D eigenvalue weighted by atomic mass is 10.0. The van der Waals surface area contributed by atoms with Gasteiger partial charge in [0.25, 0.3) is 0 Å². The van der Waals surface area contributed by atoms with Crippen molar-refractivity contribution in [1.29, 1.82) is 0 Å². The van der Waals surface area contributed by atoms with E-state index in [1.807, 2.05) is 6.92 Å². The first kappa shape index (κ1) is 12.5. The number of esters is 1. The highest BCUT2D eigenvalue weighted by Crippen LogP contribution is 2.33. The van der Waals surface area contributed by atoms with Gasteiger partial charge in [0.2, 0.25) is 0 Å². The zero-order valence-corrected chi connectivity index (χ0v) is 9.79. The third kappa shape index (κ3) is 3.18. The van der Waals surface area contributed by atoms with Crippen LogP contribution < -0.4 is 5.73 Å². The van der Waals surface area contributed by atoms with E-state index in [1.54, 1.807) is 0 Å². The largest absolute Gasteiger partial charge is 0.468 e. The topological polar surface area (TPSA) is 61.5 Å². The van der Waals surface area contributed by atoms with E-state index in [4.69, 9.17) is 10.5 Å². The van der Waals surface area contributed by atoms with Crippen molar-refractivity contribution in [2.75, 3.05) is 7.11 Å². The van der Waals surface area contributed by atoms with Crippen molar-refractivity contribution in [2.24, 2.45) is 5.73 Å². The van der Waals surface area contributed by atoms with Crippen LogP contribution in [0.3, 0.4) is 0 Å². The first-order valence-corrected chi connectivity index (χ1v) is 5.50. The van der Waals surface area contributed by atoms with Crippen LogP contribution in [0.5, 0.6) is 0 Å². The summed E-state index contributed by atoms with van der Waals surface area (Å²) >= 11 is 0. The standard InChI is InChI=1S/C11H21NO3/c1-8(9(12)10(13)14-3)15-11(2)6-4-5-7-11/h8-9H,4-7,12H2,1-3H3/t8-,9+/m1/s1. The SMILES string of the molecule is COC(=O)[C@@H](N)[C@@H](C)OC1(C)CCCC1. The lowest BCUT2D eigenvalue weighted by molar-refractivity contribution is -0.150. The second kappa shape index (κ2) is 4.94. The molecule has 0 aromatic rings. The Hall–Kier alpha value is -0.610. The fraction of sp³-hybridized carbons (Fsp3) is 0.909. The Morgan fingerprint density at radius 1 is 1.40 bits per heavy atom. The highest BCUT2D eigenvalue weighted by atomic mass is 16.5. The fourth-order valence-electron chi connectivity index (χ4n) is 2.09. The molecule has 0 aromatic heterocycles. The Bertz CT molecular complexity index is 224. The van der Waals surface area contributed by atoms with Gasteiger partial charge in [-0.05, 0) is 26.7 Å². The van der Waals surface area contributed by atoms with Gasteiger partial charge >= 0.3 is 5.97 Å². The molecule has 1 aliphatic rings. The highest BCUT2D eigenvalue weighted by molar-refractivity contribution is 5.76. The predicted molar refractivity (Wildman–Crippen MR) is 57.4 cm³/mol. The summed E-state index contributed by atoms with van der Waals surface area (Å²) in [6, 6.07) is -0.688. The number of carbonyl (C=O) groups excluding carboxylic acids is 1. The molecule has 2 N–H and O–H groups in total. The minimum absolute atomic E-state index is 0.106. The van der Waals surface area contributed by atoms with Gasteiger partial charge in [-0.1, -0.05) is 12.8 Å². The van der Waals surface area contributed by atoms with Gasteiger partial charge in [-0.2, -0.15) is 0 Å². The first-order chi connectivity index (χ1) is 6.98. The molecule has 1 fully saturated rings. The predicted octanol–water partition coefficient (Wildman–Crippen LogP) is 1.22. The highest BCUT2D eigenvalue weighted by Gasteiger charge is 2.34. The van der Waals surface area contributed by atoms with E-state index in [9.17, 15) is 4.79 Å². The molecule has 0 saturated heterocycles. The summed E-state index contributed by atoms with van der Waals surface area (Å²) in [5.41, 5.74) is 5.60. The average Bonchev–Trinajstić information content (AvgIpc) is 2.62. The quantitative estimate of drug-likeness (QED) is 0.716. The molecule has 1 aliphatic carbocycles. The average molecular weight is 215 g/mol. The molecule has 1 saturated carbocycles. The second-order valence-electron chi connectivity index (χ2n) is 4.53. The number of carbonyl (C=O) groups is 1. The summed E-state index contributed by atoms with van der Waals surface area (Å²) < 4.78 is 10.4. The Morgan fingerprint density at radius 3 is 2.40 bits per heavy atom. The minimum Gasteiger partial charge on any atom is -0.468 e. The van der Waals surface area contributed by atoms with Gasteiger partial charge in [-0.25, -0.2) is 0 Å². The molecule has 0 aliphatic heterocycles. The molecule has 1 rings (SSSR count). The molecule has 4 nitrogen and oxygen atoms in total. The molecule has 0 heterocycles. The summed E-state index contributed by atoms with van der Waals surface area (Å²) in [5, 5.41) is 0. The normalized spacial score (nSPS) is 23.5. The number of methoxy groups -OCH3 is 1. The van der Waals surface area contributed by atoms with Crippen LogP contribution in [0.4, 0.5) is 0 Å². The van der Waals surface area contributed by atoms with E-state index in [2.05, 4.69) is 11.7 Å². The van der Waals surface area contributed by atoms with Gasteiger partial charge in [-0.3, -0.25) is 4.79 Å².